The van der Waals surface area contributed by atoms with Gasteiger partial charge in [0.15, 0.2) is 0 Å². The van der Waals surface area contributed by atoms with Gasteiger partial charge in [-0.25, -0.2) is 8.42 Å². The summed E-state index contributed by atoms with van der Waals surface area (Å²) in [5.41, 5.74) is 1.26. The first-order chi connectivity index (χ1) is 9.91. The van der Waals surface area contributed by atoms with Crippen molar-refractivity contribution in [2.45, 2.75) is 37.8 Å². The molecule has 1 aromatic rings. The van der Waals surface area contributed by atoms with Crippen LogP contribution in [-0.4, -0.2) is 62.4 Å². The highest BCUT2D eigenvalue weighted by Gasteiger charge is 2.36. The first-order valence-electron chi connectivity index (χ1n) is 7.13. The molecule has 2 rings (SSSR count). The van der Waals surface area contributed by atoms with Crippen molar-refractivity contribution in [2.24, 2.45) is 0 Å². The van der Waals surface area contributed by atoms with Gasteiger partial charge in [-0.05, 0) is 27.3 Å². The van der Waals surface area contributed by atoms with Crippen LogP contribution in [0.4, 0.5) is 0 Å². The van der Waals surface area contributed by atoms with E-state index in [1.165, 1.54) is 4.31 Å². The summed E-state index contributed by atoms with van der Waals surface area (Å²) in [6.07, 6.45) is 0.724. The summed E-state index contributed by atoms with van der Waals surface area (Å²) in [6, 6.07) is 0. The number of sulfonamides is 1. The second-order valence-corrected chi connectivity index (χ2v) is 7.21. The molecule has 1 atom stereocenters. The third-order valence-corrected chi connectivity index (χ3v) is 6.05. The lowest BCUT2D eigenvalue weighted by Gasteiger charge is -2.16. The van der Waals surface area contributed by atoms with Crippen LogP contribution in [0.2, 0.25) is 0 Å². The Bertz CT molecular complexity index is 597. The van der Waals surface area contributed by atoms with E-state index < -0.39 is 10.0 Å². The number of aryl methyl sites for hydroxylation is 1. The average molecular weight is 316 g/mol. The second kappa shape index (κ2) is 6.43. The minimum Gasteiger partial charge on any atom is -0.380 e. The fourth-order valence-corrected chi connectivity index (χ4v) is 4.59. The van der Waals surface area contributed by atoms with Crippen LogP contribution in [-0.2, 0) is 21.3 Å². The van der Waals surface area contributed by atoms with Crippen LogP contribution in [0.3, 0.4) is 0 Å². The molecule has 1 unspecified atom stereocenters. The predicted molar refractivity (Wildman–Crippen MR) is 79.8 cm³/mol. The molecule has 1 aliphatic rings. The lowest BCUT2D eigenvalue weighted by atomic mass is 10.3. The first kappa shape index (κ1) is 16.4. The molecule has 1 N–H and O–H groups in total. The Morgan fingerprint density at radius 2 is 2.14 bits per heavy atom. The molecule has 0 saturated carbocycles. The van der Waals surface area contributed by atoms with Crippen molar-refractivity contribution in [1.29, 1.82) is 0 Å². The molecule has 0 aliphatic carbocycles. The minimum atomic E-state index is -3.50. The molecule has 21 heavy (non-hydrogen) atoms. The van der Waals surface area contributed by atoms with Gasteiger partial charge in [0, 0.05) is 26.7 Å². The fourth-order valence-electron chi connectivity index (χ4n) is 2.73. The molecular formula is C13H24N4O3S. The summed E-state index contributed by atoms with van der Waals surface area (Å²) in [5, 5.41) is 7.41. The topological polar surface area (TPSA) is 76.5 Å². The molecule has 0 spiro atoms. The third kappa shape index (κ3) is 3.13. The number of hydrogen-bond donors (Lipinski definition) is 1. The predicted octanol–water partition coefficient (Wildman–Crippen LogP) is 0.129. The number of aromatic nitrogens is 2. The van der Waals surface area contributed by atoms with Crippen molar-refractivity contribution in [1.82, 2.24) is 19.4 Å². The zero-order valence-electron chi connectivity index (χ0n) is 13.1. The summed E-state index contributed by atoms with van der Waals surface area (Å²) in [5.74, 6) is 0. The van der Waals surface area contributed by atoms with Crippen LogP contribution in [0.5, 0.6) is 0 Å². The molecule has 1 fully saturated rings. The number of hydrogen-bond acceptors (Lipinski definition) is 5. The number of nitrogens with one attached hydrogen (secondary N) is 1. The average Bonchev–Trinajstić information content (AvgIpc) is 3.02. The van der Waals surface area contributed by atoms with Gasteiger partial charge in [0.05, 0.1) is 24.0 Å². The number of rotatable bonds is 6. The van der Waals surface area contributed by atoms with Crippen molar-refractivity contribution in [2.75, 3.05) is 33.8 Å². The molecule has 2 heterocycles. The highest BCUT2D eigenvalue weighted by molar-refractivity contribution is 7.89. The molecule has 0 amide bonds. The third-order valence-electron chi connectivity index (χ3n) is 3.93. The van der Waals surface area contributed by atoms with Gasteiger partial charge in [-0.1, -0.05) is 0 Å². The van der Waals surface area contributed by atoms with Gasteiger partial charge in [0.25, 0.3) is 0 Å². The molecule has 1 aromatic heterocycles. The van der Waals surface area contributed by atoms with Crippen LogP contribution < -0.4 is 5.32 Å². The molecule has 0 aromatic carbocycles. The van der Waals surface area contributed by atoms with E-state index in [2.05, 4.69) is 10.4 Å². The first-order valence-corrected chi connectivity index (χ1v) is 8.57. The van der Waals surface area contributed by atoms with Crippen LogP contribution in [0.25, 0.3) is 0 Å². The van der Waals surface area contributed by atoms with Crippen LogP contribution in [0, 0.1) is 13.8 Å². The van der Waals surface area contributed by atoms with Crippen molar-refractivity contribution in [3.05, 3.63) is 11.4 Å². The van der Waals surface area contributed by atoms with E-state index in [-0.39, 0.29) is 6.10 Å². The Morgan fingerprint density at radius 3 is 2.71 bits per heavy atom. The molecule has 0 radical (unpaired) electrons. The van der Waals surface area contributed by atoms with Crippen molar-refractivity contribution in [3.8, 4) is 0 Å². The smallest absolute Gasteiger partial charge is 0.246 e. The lowest BCUT2D eigenvalue weighted by Crippen LogP contribution is -2.31. The Kier molecular flexibility index (Phi) is 5.03. The summed E-state index contributed by atoms with van der Waals surface area (Å²) in [4.78, 5) is 0.343. The van der Waals surface area contributed by atoms with Gasteiger partial charge >= 0.3 is 0 Å². The van der Waals surface area contributed by atoms with E-state index in [0.29, 0.717) is 35.9 Å². The Balaban J connectivity index is 2.30. The molecular weight excluding hydrogens is 292 g/mol. The van der Waals surface area contributed by atoms with E-state index in [4.69, 9.17) is 4.74 Å². The molecule has 8 heteroatoms. The standard InChI is InChI=1S/C13H24N4O3S/c1-10-13(11(2)17(15-10)8-6-14-3)21(18,19)16-7-5-12(9-16)20-4/h12,14H,5-9H2,1-4H3. The van der Waals surface area contributed by atoms with Gasteiger partial charge in [-0.2, -0.15) is 9.40 Å². The Morgan fingerprint density at radius 1 is 1.43 bits per heavy atom. The van der Waals surface area contributed by atoms with Crippen molar-refractivity contribution in [3.63, 3.8) is 0 Å². The molecule has 7 nitrogen and oxygen atoms in total. The summed E-state index contributed by atoms with van der Waals surface area (Å²) in [7, 11) is -0.0200. The van der Waals surface area contributed by atoms with Gasteiger partial charge in [0.2, 0.25) is 10.0 Å². The second-order valence-electron chi connectivity index (χ2n) is 5.34. The largest absolute Gasteiger partial charge is 0.380 e. The number of methoxy groups -OCH3 is 1. The van der Waals surface area contributed by atoms with E-state index in [0.717, 1.165) is 13.0 Å². The quantitative estimate of drug-likeness (QED) is 0.807. The van der Waals surface area contributed by atoms with Gasteiger partial charge in [0.1, 0.15) is 4.90 Å². The van der Waals surface area contributed by atoms with E-state index in [1.54, 1.807) is 18.7 Å². The summed E-state index contributed by atoms with van der Waals surface area (Å²) in [6.45, 7) is 5.88. The van der Waals surface area contributed by atoms with Crippen LogP contribution >= 0.6 is 0 Å². The Labute approximate surface area is 126 Å². The maximum Gasteiger partial charge on any atom is 0.246 e. The zero-order valence-corrected chi connectivity index (χ0v) is 13.9. The maximum absolute atomic E-state index is 12.8. The van der Waals surface area contributed by atoms with E-state index in [9.17, 15) is 8.42 Å². The van der Waals surface area contributed by atoms with Crippen LogP contribution in [0.1, 0.15) is 17.8 Å². The van der Waals surface area contributed by atoms with E-state index in [1.807, 2.05) is 14.0 Å². The number of nitrogens with zero attached hydrogens (tertiary/aromatic N) is 3. The van der Waals surface area contributed by atoms with Crippen LogP contribution in [0.15, 0.2) is 4.90 Å². The Hall–Kier alpha value is -0.960. The van der Waals surface area contributed by atoms with Crippen molar-refractivity contribution >= 4 is 10.0 Å². The van der Waals surface area contributed by atoms with Gasteiger partial charge in [-0.15, -0.1) is 0 Å². The monoisotopic (exact) mass is 316 g/mol. The summed E-state index contributed by atoms with van der Waals surface area (Å²) >= 11 is 0. The molecule has 1 aliphatic heterocycles. The van der Waals surface area contributed by atoms with Crippen molar-refractivity contribution < 1.29 is 13.2 Å². The number of likely N-dealkylation sites (N-methyl/N-ethyl adjacent to an activating group) is 1. The molecule has 1 saturated heterocycles. The van der Waals surface area contributed by atoms with Gasteiger partial charge < -0.3 is 10.1 Å². The van der Waals surface area contributed by atoms with E-state index >= 15 is 0 Å². The van der Waals surface area contributed by atoms with Gasteiger partial charge in [-0.3, -0.25) is 4.68 Å². The zero-order chi connectivity index (χ0) is 15.6. The molecule has 120 valence electrons. The highest BCUT2D eigenvalue weighted by atomic mass is 32.2. The fraction of sp³-hybridized carbons (Fsp3) is 0.769. The normalized spacial score (nSPS) is 20.3. The SMILES string of the molecule is CNCCn1nc(C)c(S(=O)(=O)N2CCC(OC)C2)c1C. The lowest BCUT2D eigenvalue weighted by molar-refractivity contribution is 0.115. The highest BCUT2D eigenvalue weighted by Crippen LogP contribution is 2.27. The number of ether oxygens (including phenoxy) is 1. The minimum absolute atomic E-state index is 0.0141. The summed E-state index contributed by atoms with van der Waals surface area (Å²) < 4.78 is 34.2. The maximum atomic E-state index is 12.8. The molecule has 0 bridgehead atoms.